The molecule has 0 spiro atoms. The summed E-state index contributed by atoms with van der Waals surface area (Å²) in [6.07, 6.45) is 1.74. The van der Waals surface area contributed by atoms with Crippen molar-refractivity contribution in [3.63, 3.8) is 0 Å². The molecule has 1 aromatic heterocycles. The molecule has 0 radical (unpaired) electrons. The molecule has 1 amide bonds. The van der Waals surface area contributed by atoms with Gasteiger partial charge in [-0.3, -0.25) is 4.79 Å². The lowest BCUT2D eigenvalue weighted by atomic mass is 10.1. The van der Waals surface area contributed by atoms with Crippen LogP contribution in [0.3, 0.4) is 0 Å². The zero-order valence-electron chi connectivity index (χ0n) is 10.2. The van der Waals surface area contributed by atoms with E-state index in [-0.39, 0.29) is 11.9 Å². The van der Waals surface area contributed by atoms with Crippen LogP contribution in [-0.4, -0.2) is 11.9 Å². The van der Waals surface area contributed by atoms with Crippen molar-refractivity contribution >= 4 is 17.2 Å². The van der Waals surface area contributed by atoms with E-state index in [0.717, 1.165) is 12.8 Å². The number of nitrogens with zero attached hydrogens (tertiary/aromatic N) is 1. The molecule has 0 bridgehead atoms. The molecule has 94 valence electrons. The molecule has 0 saturated carbocycles. The lowest BCUT2D eigenvalue weighted by molar-refractivity contribution is 0.0939. The van der Waals surface area contributed by atoms with Gasteiger partial charge in [-0.05, 0) is 35.4 Å². The van der Waals surface area contributed by atoms with Crippen LogP contribution >= 0.6 is 11.3 Å². The number of amides is 1. The number of hydrogen-bond acceptors (Lipinski definition) is 3. The van der Waals surface area contributed by atoms with Gasteiger partial charge in [0.1, 0.15) is 10.9 Å². The largest absolute Gasteiger partial charge is 0.349 e. The normalized spacial score (nSPS) is 13.8. The monoisotopic (exact) mass is 268 g/mol. The molecular weight excluding hydrogens is 256 g/mol. The summed E-state index contributed by atoms with van der Waals surface area (Å²) in [7, 11) is 0. The Kier molecular flexibility index (Phi) is 3.06. The second-order valence-corrected chi connectivity index (χ2v) is 5.54. The summed E-state index contributed by atoms with van der Waals surface area (Å²) < 4.78 is 0. The standard InChI is InChI=1S/C15H12N2OS/c16-9-14-13(5-6-19-14)15(18)17-12-7-10-3-1-2-4-11(10)8-12/h1-6,12H,7-8H2,(H,17,18). The number of rotatable bonds is 2. The fraction of sp³-hybridized carbons (Fsp3) is 0.200. The van der Waals surface area contributed by atoms with Crippen molar-refractivity contribution in [2.75, 3.05) is 0 Å². The molecule has 2 aromatic rings. The van der Waals surface area contributed by atoms with Crippen LogP contribution in [0.25, 0.3) is 0 Å². The first-order valence-corrected chi connectivity index (χ1v) is 7.01. The molecule has 19 heavy (non-hydrogen) atoms. The van der Waals surface area contributed by atoms with E-state index in [1.54, 1.807) is 11.4 Å². The molecule has 1 aliphatic rings. The molecule has 0 aliphatic heterocycles. The fourth-order valence-electron chi connectivity index (χ4n) is 2.50. The van der Waals surface area contributed by atoms with Gasteiger partial charge < -0.3 is 5.32 Å². The zero-order valence-corrected chi connectivity index (χ0v) is 11.0. The number of fused-ring (bicyclic) bond motifs is 1. The first-order chi connectivity index (χ1) is 9.28. The Balaban J connectivity index is 1.72. The van der Waals surface area contributed by atoms with E-state index in [4.69, 9.17) is 5.26 Å². The molecule has 1 N–H and O–H groups in total. The van der Waals surface area contributed by atoms with Crippen molar-refractivity contribution in [2.45, 2.75) is 18.9 Å². The van der Waals surface area contributed by atoms with Crippen LogP contribution in [0, 0.1) is 11.3 Å². The molecular formula is C15H12N2OS. The number of benzene rings is 1. The van der Waals surface area contributed by atoms with Crippen LogP contribution in [0.2, 0.25) is 0 Å². The third-order valence-electron chi connectivity index (χ3n) is 3.40. The van der Waals surface area contributed by atoms with Crippen molar-refractivity contribution < 1.29 is 4.79 Å². The van der Waals surface area contributed by atoms with Crippen LogP contribution in [0.1, 0.15) is 26.4 Å². The van der Waals surface area contributed by atoms with Gasteiger partial charge in [0.2, 0.25) is 0 Å². The highest BCUT2D eigenvalue weighted by Crippen LogP contribution is 2.22. The Labute approximate surface area is 115 Å². The summed E-state index contributed by atoms with van der Waals surface area (Å²) in [6.45, 7) is 0. The number of hydrogen-bond donors (Lipinski definition) is 1. The molecule has 0 unspecified atom stereocenters. The molecule has 0 atom stereocenters. The first kappa shape index (κ1) is 11.9. The molecule has 1 aromatic carbocycles. The summed E-state index contributed by atoms with van der Waals surface area (Å²) in [4.78, 5) is 12.6. The van der Waals surface area contributed by atoms with E-state index in [1.807, 2.05) is 12.1 Å². The average Bonchev–Trinajstić information content (AvgIpc) is 3.03. The van der Waals surface area contributed by atoms with E-state index >= 15 is 0 Å². The van der Waals surface area contributed by atoms with Gasteiger partial charge in [0.15, 0.2) is 0 Å². The predicted molar refractivity (Wildman–Crippen MR) is 74.1 cm³/mol. The third kappa shape index (κ3) is 2.25. The highest BCUT2D eigenvalue weighted by atomic mass is 32.1. The fourth-order valence-corrected chi connectivity index (χ4v) is 3.18. The van der Waals surface area contributed by atoms with Gasteiger partial charge in [0.05, 0.1) is 5.56 Å². The Hall–Kier alpha value is -2.12. The quantitative estimate of drug-likeness (QED) is 0.910. The Bertz CT molecular complexity index is 644. The number of thiophene rings is 1. The van der Waals surface area contributed by atoms with Crippen molar-refractivity contribution in [3.05, 3.63) is 57.3 Å². The summed E-state index contributed by atoms with van der Waals surface area (Å²) in [6, 6.07) is 12.2. The van der Waals surface area contributed by atoms with Gasteiger partial charge in [-0.2, -0.15) is 5.26 Å². The lowest BCUT2D eigenvalue weighted by Gasteiger charge is -2.11. The average molecular weight is 268 g/mol. The van der Waals surface area contributed by atoms with E-state index in [0.29, 0.717) is 10.4 Å². The van der Waals surface area contributed by atoms with Crippen LogP contribution in [0.4, 0.5) is 0 Å². The van der Waals surface area contributed by atoms with Crippen molar-refractivity contribution in [3.8, 4) is 6.07 Å². The van der Waals surface area contributed by atoms with Crippen molar-refractivity contribution in [2.24, 2.45) is 0 Å². The molecule has 4 heteroatoms. The number of carbonyl (C=O) groups excluding carboxylic acids is 1. The molecule has 0 fully saturated rings. The van der Waals surface area contributed by atoms with E-state index in [1.165, 1.54) is 22.5 Å². The van der Waals surface area contributed by atoms with Crippen LogP contribution < -0.4 is 5.32 Å². The SMILES string of the molecule is N#Cc1sccc1C(=O)NC1Cc2ccccc2C1. The minimum Gasteiger partial charge on any atom is -0.349 e. The number of nitriles is 1. The molecule has 1 aliphatic carbocycles. The second kappa shape index (κ2) is 4.87. The van der Waals surface area contributed by atoms with Gasteiger partial charge >= 0.3 is 0 Å². The second-order valence-electron chi connectivity index (χ2n) is 4.62. The van der Waals surface area contributed by atoms with Crippen LogP contribution in [0.5, 0.6) is 0 Å². The zero-order chi connectivity index (χ0) is 13.2. The Morgan fingerprint density at radius 2 is 1.95 bits per heavy atom. The first-order valence-electron chi connectivity index (χ1n) is 6.13. The Morgan fingerprint density at radius 3 is 2.58 bits per heavy atom. The van der Waals surface area contributed by atoms with Crippen molar-refractivity contribution in [1.29, 1.82) is 5.26 Å². The maximum absolute atomic E-state index is 12.1. The molecule has 3 nitrogen and oxygen atoms in total. The summed E-state index contributed by atoms with van der Waals surface area (Å²) >= 11 is 1.30. The molecule has 1 heterocycles. The minimum atomic E-state index is -0.143. The Morgan fingerprint density at radius 1 is 1.26 bits per heavy atom. The number of nitrogens with one attached hydrogen (secondary N) is 1. The topological polar surface area (TPSA) is 52.9 Å². The highest BCUT2D eigenvalue weighted by Gasteiger charge is 2.23. The maximum Gasteiger partial charge on any atom is 0.253 e. The van der Waals surface area contributed by atoms with Gasteiger partial charge in [0, 0.05) is 6.04 Å². The highest BCUT2D eigenvalue weighted by molar-refractivity contribution is 7.10. The van der Waals surface area contributed by atoms with E-state index in [9.17, 15) is 4.79 Å². The van der Waals surface area contributed by atoms with Gasteiger partial charge in [-0.15, -0.1) is 11.3 Å². The lowest BCUT2D eigenvalue weighted by Crippen LogP contribution is -2.35. The third-order valence-corrected chi connectivity index (χ3v) is 4.22. The summed E-state index contributed by atoms with van der Waals surface area (Å²) in [5, 5.41) is 13.7. The smallest absolute Gasteiger partial charge is 0.253 e. The molecule has 0 saturated heterocycles. The van der Waals surface area contributed by atoms with Gasteiger partial charge in [-0.1, -0.05) is 24.3 Å². The van der Waals surface area contributed by atoms with Gasteiger partial charge in [0.25, 0.3) is 5.91 Å². The minimum absolute atomic E-state index is 0.136. The predicted octanol–water partition coefficient (Wildman–Crippen LogP) is 2.52. The number of carbonyl (C=O) groups is 1. The summed E-state index contributed by atoms with van der Waals surface area (Å²) in [5.41, 5.74) is 3.10. The molecule has 3 rings (SSSR count). The van der Waals surface area contributed by atoms with Gasteiger partial charge in [-0.25, -0.2) is 0 Å². The van der Waals surface area contributed by atoms with Crippen LogP contribution in [-0.2, 0) is 12.8 Å². The van der Waals surface area contributed by atoms with Crippen molar-refractivity contribution in [1.82, 2.24) is 5.32 Å². The maximum atomic E-state index is 12.1. The van der Waals surface area contributed by atoms with Crippen LogP contribution in [0.15, 0.2) is 35.7 Å². The van der Waals surface area contributed by atoms with E-state index < -0.39 is 0 Å². The summed E-state index contributed by atoms with van der Waals surface area (Å²) in [5.74, 6) is -0.143. The van der Waals surface area contributed by atoms with E-state index in [2.05, 4.69) is 23.5 Å².